The summed E-state index contributed by atoms with van der Waals surface area (Å²) < 4.78 is 2.31. The number of imidazole rings is 1. The van der Waals surface area contributed by atoms with Gasteiger partial charge < -0.3 is 10.3 Å². The number of nitrogens with zero attached hydrogens (tertiary/aromatic N) is 2. The number of aryl methyl sites for hydroxylation is 2. The van der Waals surface area contributed by atoms with Crippen LogP contribution < -0.4 is 5.73 Å². The van der Waals surface area contributed by atoms with Crippen LogP contribution in [0, 0.1) is 19.8 Å². The summed E-state index contributed by atoms with van der Waals surface area (Å²) in [6, 6.07) is 4.44. The van der Waals surface area contributed by atoms with Crippen molar-refractivity contribution in [3.05, 3.63) is 29.1 Å². The SMILES string of the molecule is CCC(N)c1nc2cc(C)c(C)cc2n1CC(C)C. The number of rotatable bonds is 4. The van der Waals surface area contributed by atoms with E-state index in [9.17, 15) is 0 Å². The Kier molecular flexibility index (Phi) is 3.95. The smallest absolute Gasteiger partial charge is 0.126 e. The van der Waals surface area contributed by atoms with Gasteiger partial charge in [-0.1, -0.05) is 20.8 Å². The van der Waals surface area contributed by atoms with Crippen molar-refractivity contribution in [2.75, 3.05) is 0 Å². The summed E-state index contributed by atoms with van der Waals surface area (Å²) in [7, 11) is 0. The first kappa shape index (κ1) is 14.1. The van der Waals surface area contributed by atoms with Crippen molar-refractivity contribution in [1.82, 2.24) is 9.55 Å². The molecule has 2 aromatic rings. The molecule has 0 amide bonds. The molecule has 1 aromatic carbocycles. The Hall–Kier alpha value is -1.35. The zero-order valence-corrected chi connectivity index (χ0v) is 12.7. The van der Waals surface area contributed by atoms with Crippen molar-refractivity contribution >= 4 is 11.0 Å². The zero-order chi connectivity index (χ0) is 14.2. The Morgan fingerprint density at radius 1 is 1.21 bits per heavy atom. The molecule has 0 fully saturated rings. The van der Waals surface area contributed by atoms with E-state index in [2.05, 4.69) is 51.3 Å². The lowest BCUT2D eigenvalue weighted by Crippen LogP contribution is -2.17. The summed E-state index contributed by atoms with van der Waals surface area (Å²) in [6.45, 7) is 11.8. The van der Waals surface area contributed by atoms with Crippen molar-refractivity contribution in [3.8, 4) is 0 Å². The molecule has 1 aromatic heterocycles. The summed E-state index contributed by atoms with van der Waals surface area (Å²) >= 11 is 0. The number of hydrogen-bond donors (Lipinski definition) is 1. The van der Waals surface area contributed by atoms with E-state index < -0.39 is 0 Å². The van der Waals surface area contributed by atoms with Crippen LogP contribution in [0.5, 0.6) is 0 Å². The normalized spacial score (nSPS) is 13.4. The van der Waals surface area contributed by atoms with Gasteiger partial charge in [0.2, 0.25) is 0 Å². The van der Waals surface area contributed by atoms with Crippen LogP contribution in [0.2, 0.25) is 0 Å². The highest BCUT2D eigenvalue weighted by atomic mass is 15.1. The molecule has 0 aliphatic rings. The van der Waals surface area contributed by atoms with Crippen LogP contribution in [0.4, 0.5) is 0 Å². The number of nitrogens with two attached hydrogens (primary N) is 1. The van der Waals surface area contributed by atoms with Gasteiger partial charge in [0.15, 0.2) is 0 Å². The van der Waals surface area contributed by atoms with Crippen molar-refractivity contribution in [2.45, 2.75) is 53.6 Å². The highest BCUT2D eigenvalue weighted by Crippen LogP contribution is 2.25. The second-order valence-electron chi connectivity index (χ2n) is 5.91. The van der Waals surface area contributed by atoms with Gasteiger partial charge in [-0.3, -0.25) is 0 Å². The third kappa shape index (κ3) is 2.66. The second kappa shape index (κ2) is 5.33. The molecule has 2 N–H and O–H groups in total. The van der Waals surface area contributed by atoms with E-state index in [4.69, 9.17) is 10.7 Å². The fraction of sp³-hybridized carbons (Fsp3) is 0.562. The molecule has 0 spiro atoms. The quantitative estimate of drug-likeness (QED) is 0.909. The Morgan fingerprint density at radius 3 is 2.42 bits per heavy atom. The minimum Gasteiger partial charge on any atom is -0.326 e. The Morgan fingerprint density at radius 2 is 1.84 bits per heavy atom. The molecular weight excluding hydrogens is 234 g/mol. The van der Waals surface area contributed by atoms with Gasteiger partial charge in [0.25, 0.3) is 0 Å². The molecule has 0 aliphatic carbocycles. The van der Waals surface area contributed by atoms with Crippen molar-refractivity contribution in [1.29, 1.82) is 0 Å². The summed E-state index contributed by atoms with van der Waals surface area (Å²) in [5.74, 6) is 1.61. The van der Waals surface area contributed by atoms with Gasteiger partial charge in [-0.25, -0.2) is 4.98 Å². The van der Waals surface area contributed by atoms with Crippen LogP contribution in [-0.2, 0) is 6.54 Å². The van der Waals surface area contributed by atoms with E-state index in [0.717, 1.165) is 24.3 Å². The van der Waals surface area contributed by atoms with E-state index in [-0.39, 0.29) is 6.04 Å². The van der Waals surface area contributed by atoms with Gasteiger partial charge in [0.05, 0.1) is 17.1 Å². The molecule has 1 unspecified atom stereocenters. The first-order chi connectivity index (χ1) is 8.93. The average Bonchev–Trinajstić information content (AvgIpc) is 2.67. The van der Waals surface area contributed by atoms with Gasteiger partial charge in [-0.05, 0) is 49.4 Å². The lowest BCUT2D eigenvalue weighted by molar-refractivity contribution is 0.494. The minimum absolute atomic E-state index is 0.0202. The van der Waals surface area contributed by atoms with Gasteiger partial charge in [0.1, 0.15) is 5.82 Å². The molecule has 1 heterocycles. The standard InChI is InChI=1S/C16H25N3/c1-6-13(17)16-18-14-7-11(4)12(5)8-15(14)19(16)9-10(2)3/h7-8,10,13H,6,9,17H2,1-5H3. The predicted octanol–water partition coefficient (Wildman–Crippen LogP) is 3.72. The third-order valence-corrected chi connectivity index (χ3v) is 3.71. The fourth-order valence-electron chi connectivity index (χ4n) is 2.42. The largest absolute Gasteiger partial charge is 0.326 e. The Balaban J connectivity index is 2.66. The van der Waals surface area contributed by atoms with Gasteiger partial charge >= 0.3 is 0 Å². The van der Waals surface area contributed by atoms with Gasteiger partial charge in [-0.15, -0.1) is 0 Å². The highest BCUT2D eigenvalue weighted by molar-refractivity contribution is 5.78. The molecule has 1 atom stereocenters. The van der Waals surface area contributed by atoms with Crippen LogP contribution in [0.3, 0.4) is 0 Å². The molecule has 104 valence electrons. The Bertz CT molecular complexity index is 581. The molecule has 3 nitrogen and oxygen atoms in total. The van der Waals surface area contributed by atoms with Crippen LogP contribution in [0.1, 0.15) is 50.2 Å². The molecule has 0 bridgehead atoms. The van der Waals surface area contributed by atoms with Crippen LogP contribution >= 0.6 is 0 Å². The molecule has 0 radical (unpaired) electrons. The monoisotopic (exact) mass is 259 g/mol. The molecule has 2 rings (SSSR count). The van der Waals surface area contributed by atoms with E-state index in [1.807, 2.05) is 0 Å². The highest BCUT2D eigenvalue weighted by Gasteiger charge is 2.17. The first-order valence-electron chi connectivity index (χ1n) is 7.17. The molecule has 3 heteroatoms. The summed E-state index contributed by atoms with van der Waals surface area (Å²) in [4.78, 5) is 4.78. The lowest BCUT2D eigenvalue weighted by Gasteiger charge is -2.15. The maximum absolute atomic E-state index is 6.23. The number of aromatic nitrogens is 2. The topological polar surface area (TPSA) is 43.8 Å². The van der Waals surface area contributed by atoms with E-state index >= 15 is 0 Å². The fourth-order valence-corrected chi connectivity index (χ4v) is 2.42. The summed E-state index contributed by atoms with van der Waals surface area (Å²) in [6.07, 6.45) is 0.916. The first-order valence-corrected chi connectivity index (χ1v) is 7.17. The van der Waals surface area contributed by atoms with E-state index in [1.54, 1.807) is 0 Å². The van der Waals surface area contributed by atoms with Crippen molar-refractivity contribution in [3.63, 3.8) is 0 Å². The number of hydrogen-bond acceptors (Lipinski definition) is 2. The Labute approximate surface area is 115 Å². The predicted molar refractivity (Wildman–Crippen MR) is 81.3 cm³/mol. The molecular formula is C16H25N3. The maximum atomic E-state index is 6.23. The average molecular weight is 259 g/mol. The summed E-state index contributed by atoms with van der Waals surface area (Å²) in [5, 5.41) is 0. The van der Waals surface area contributed by atoms with Gasteiger partial charge in [0, 0.05) is 6.54 Å². The molecule has 0 saturated heterocycles. The molecule has 19 heavy (non-hydrogen) atoms. The molecule has 0 saturated carbocycles. The number of fused-ring (bicyclic) bond motifs is 1. The number of benzene rings is 1. The lowest BCUT2D eigenvalue weighted by atomic mass is 10.1. The zero-order valence-electron chi connectivity index (χ0n) is 12.7. The van der Waals surface area contributed by atoms with Crippen LogP contribution in [0.25, 0.3) is 11.0 Å². The third-order valence-electron chi connectivity index (χ3n) is 3.71. The maximum Gasteiger partial charge on any atom is 0.126 e. The minimum atomic E-state index is 0.0202. The van der Waals surface area contributed by atoms with Crippen LogP contribution in [0.15, 0.2) is 12.1 Å². The van der Waals surface area contributed by atoms with Crippen LogP contribution in [-0.4, -0.2) is 9.55 Å². The molecule has 0 aliphatic heterocycles. The van der Waals surface area contributed by atoms with Crippen molar-refractivity contribution in [2.24, 2.45) is 11.7 Å². The summed E-state index contributed by atoms with van der Waals surface area (Å²) in [5.41, 5.74) is 11.1. The second-order valence-corrected chi connectivity index (χ2v) is 5.91. The van der Waals surface area contributed by atoms with E-state index in [1.165, 1.54) is 16.6 Å². The van der Waals surface area contributed by atoms with Crippen molar-refractivity contribution < 1.29 is 0 Å². The van der Waals surface area contributed by atoms with E-state index in [0.29, 0.717) is 5.92 Å². The van der Waals surface area contributed by atoms with Gasteiger partial charge in [-0.2, -0.15) is 0 Å².